The van der Waals surface area contributed by atoms with E-state index in [4.69, 9.17) is 10.5 Å². The molecule has 2 N–H and O–H groups in total. The van der Waals surface area contributed by atoms with E-state index in [9.17, 15) is 0 Å². The second kappa shape index (κ2) is 5.03. The molecule has 104 valence electrons. The third-order valence-corrected chi connectivity index (χ3v) is 2.83. The maximum atomic E-state index is 5.93. The normalized spacial score (nSPS) is 12.0. The molecule has 2 aromatic heterocycles. The van der Waals surface area contributed by atoms with Crippen LogP contribution in [0.3, 0.4) is 0 Å². The van der Waals surface area contributed by atoms with Gasteiger partial charge in [-0.2, -0.15) is 0 Å². The minimum atomic E-state index is -0.189. The molecule has 0 aliphatic carbocycles. The minimum absolute atomic E-state index is 0.189. The van der Waals surface area contributed by atoms with E-state index in [-0.39, 0.29) is 5.54 Å². The molecule has 0 aliphatic heterocycles. The zero-order valence-corrected chi connectivity index (χ0v) is 12.0. The molecule has 0 saturated heterocycles. The van der Waals surface area contributed by atoms with Gasteiger partial charge in [-0.25, -0.2) is 14.6 Å². The van der Waals surface area contributed by atoms with E-state index in [2.05, 4.69) is 42.8 Å². The second-order valence-corrected chi connectivity index (χ2v) is 5.55. The lowest BCUT2D eigenvalue weighted by Gasteiger charge is -2.19. The van der Waals surface area contributed by atoms with E-state index in [0.29, 0.717) is 29.3 Å². The number of aromatic nitrogens is 4. The van der Waals surface area contributed by atoms with Crippen molar-refractivity contribution >= 4 is 16.9 Å². The van der Waals surface area contributed by atoms with Gasteiger partial charge in [0.2, 0.25) is 5.88 Å². The van der Waals surface area contributed by atoms with Crippen LogP contribution in [-0.4, -0.2) is 26.4 Å². The fourth-order valence-corrected chi connectivity index (χ4v) is 1.83. The average molecular weight is 263 g/mol. The van der Waals surface area contributed by atoms with E-state index < -0.39 is 0 Å². The topological polar surface area (TPSA) is 78.8 Å². The van der Waals surface area contributed by atoms with Gasteiger partial charge in [-0.05, 0) is 27.2 Å². The summed E-state index contributed by atoms with van der Waals surface area (Å²) in [7, 11) is 0. The largest absolute Gasteiger partial charge is 0.476 e. The molecule has 0 aromatic carbocycles. The lowest BCUT2D eigenvalue weighted by molar-refractivity contribution is 0.283. The Hall–Kier alpha value is -1.85. The van der Waals surface area contributed by atoms with Gasteiger partial charge >= 0.3 is 0 Å². The molecular weight excluding hydrogens is 242 g/mol. The summed E-state index contributed by atoms with van der Waals surface area (Å²) in [5, 5.41) is 5.21. The molecule has 2 rings (SSSR count). The molecule has 0 amide bonds. The predicted molar refractivity (Wildman–Crippen MR) is 75.1 cm³/mol. The third kappa shape index (κ3) is 2.62. The molecule has 0 saturated carbocycles. The third-order valence-electron chi connectivity index (χ3n) is 2.83. The lowest BCUT2D eigenvalue weighted by atomic mass is 10.1. The van der Waals surface area contributed by atoms with E-state index in [1.165, 1.54) is 6.33 Å². The molecule has 0 spiro atoms. The van der Waals surface area contributed by atoms with Crippen LogP contribution in [-0.2, 0) is 5.54 Å². The SMILES string of the molecule is CCCCOc1nn(C(C)(C)C)c2ncnc(N)c12. The molecule has 2 aromatic rings. The zero-order valence-electron chi connectivity index (χ0n) is 12.0. The van der Waals surface area contributed by atoms with E-state index in [1.807, 2.05) is 4.68 Å². The van der Waals surface area contributed by atoms with Gasteiger partial charge < -0.3 is 10.5 Å². The maximum absolute atomic E-state index is 5.93. The predicted octanol–water partition coefficient (Wildman–Crippen LogP) is 2.34. The monoisotopic (exact) mass is 263 g/mol. The molecule has 6 nitrogen and oxygen atoms in total. The van der Waals surface area contributed by atoms with Crippen LogP contribution < -0.4 is 10.5 Å². The van der Waals surface area contributed by atoms with Crippen molar-refractivity contribution < 1.29 is 4.74 Å². The molecule has 0 atom stereocenters. The van der Waals surface area contributed by atoms with Crippen LogP contribution in [0.1, 0.15) is 40.5 Å². The fourth-order valence-electron chi connectivity index (χ4n) is 1.83. The van der Waals surface area contributed by atoms with Gasteiger partial charge in [0.1, 0.15) is 17.5 Å². The number of nitrogens with zero attached hydrogens (tertiary/aromatic N) is 4. The first-order valence-electron chi connectivity index (χ1n) is 6.57. The molecular formula is C13H21N5O. The highest BCUT2D eigenvalue weighted by Crippen LogP contribution is 2.31. The van der Waals surface area contributed by atoms with Crippen molar-refractivity contribution in [2.45, 2.75) is 46.1 Å². The Kier molecular flexibility index (Phi) is 3.59. The van der Waals surface area contributed by atoms with Crippen molar-refractivity contribution in [2.75, 3.05) is 12.3 Å². The molecule has 0 unspecified atom stereocenters. The highest BCUT2D eigenvalue weighted by molar-refractivity contribution is 5.90. The van der Waals surface area contributed by atoms with Crippen molar-refractivity contribution in [3.05, 3.63) is 6.33 Å². The number of unbranched alkanes of at least 4 members (excludes halogenated alkanes) is 1. The molecule has 6 heteroatoms. The summed E-state index contributed by atoms with van der Waals surface area (Å²) in [6, 6.07) is 0. The highest BCUT2D eigenvalue weighted by Gasteiger charge is 2.23. The summed E-state index contributed by atoms with van der Waals surface area (Å²) in [5.41, 5.74) is 6.46. The highest BCUT2D eigenvalue weighted by atomic mass is 16.5. The van der Waals surface area contributed by atoms with Gasteiger partial charge in [0.25, 0.3) is 0 Å². The van der Waals surface area contributed by atoms with Crippen molar-refractivity contribution in [3.8, 4) is 5.88 Å². The minimum Gasteiger partial charge on any atom is -0.476 e. The van der Waals surface area contributed by atoms with Gasteiger partial charge in [-0.1, -0.05) is 13.3 Å². The Morgan fingerprint density at radius 2 is 2.05 bits per heavy atom. The number of anilines is 1. The Morgan fingerprint density at radius 3 is 2.68 bits per heavy atom. The number of nitrogen functional groups attached to an aromatic ring is 1. The number of hydrogen-bond donors (Lipinski definition) is 1. The number of nitrogens with two attached hydrogens (primary N) is 1. The smallest absolute Gasteiger partial charge is 0.246 e. The van der Waals surface area contributed by atoms with Gasteiger partial charge in [-0.3, -0.25) is 0 Å². The van der Waals surface area contributed by atoms with Crippen molar-refractivity contribution in [1.29, 1.82) is 0 Å². The van der Waals surface area contributed by atoms with Gasteiger partial charge in [0.15, 0.2) is 5.65 Å². The summed E-state index contributed by atoms with van der Waals surface area (Å²) >= 11 is 0. The summed E-state index contributed by atoms with van der Waals surface area (Å²) in [6.07, 6.45) is 3.51. The molecule has 0 bridgehead atoms. The maximum Gasteiger partial charge on any atom is 0.246 e. The van der Waals surface area contributed by atoms with Crippen LogP contribution in [0.5, 0.6) is 5.88 Å². The van der Waals surface area contributed by atoms with E-state index >= 15 is 0 Å². The van der Waals surface area contributed by atoms with Crippen LogP contribution >= 0.6 is 0 Å². The molecule has 0 fully saturated rings. The van der Waals surface area contributed by atoms with Crippen molar-refractivity contribution in [1.82, 2.24) is 19.7 Å². The Bertz CT molecular complexity index is 570. The Morgan fingerprint density at radius 1 is 1.32 bits per heavy atom. The second-order valence-electron chi connectivity index (χ2n) is 5.55. The zero-order chi connectivity index (χ0) is 14.0. The first-order valence-corrected chi connectivity index (χ1v) is 6.57. The summed E-state index contributed by atoms with van der Waals surface area (Å²) in [5.74, 6) is 0.934. The van der Waals surface area contributed by atoms with Crippen LogP contribution in [0, 0.1) is 0 Å². The lowest BCUT2D eigenvalue weighted by Crippen LogP contribution is -2.23. The van der Waals surface area contributed by atoms with Crippen LogP contribution in [0.25, 0.3) is 11.0 Å². The van der Waals surface area contributed by atoms with Gasteiger partial charge in [0.05, 0.1) is 12.1 Å². The van der Waals surface area contributed by atoms with Gasteiger partial charge in [0, 0.05) is 0 Å². The first kappa shape index (κ1) is 13.6. The van der Waals surface area contributed by atoms with E-state index in [0.717, 1.165) is 12.8 Å². The molecule has 2 heterocycles. The number of hydrogen-bond acceptors (Lipinski definition) is 5. The Labute approximate surface area is 113 Å². The van der Waals surface area contributed by atoms with E-state index in [1.54, 1.807) is 0 Å². The summed E-state index contributed by atoms with van der Waals surface area (Å²) in [4.78, 5) is 8.31. The number of fused-ring (bicyclic) bond motifs is 1. The molecule has 0 aliphatic rings. The van der Waals surface area contributed by atoms with Crippen molar-refractivity contribution in [3.63, 3.8) is 0 Å². The number of ether oxygens (including phenoxy) is 1. The van der Waals surface area contributed by atoms with Crippen LogP contribution in [0.15, 0.2) is 6.33 Å². The Balaban J connectivity index is 2.51. The van der Waals surface area contributed by atoms with Crippen LogP contribution in [0.4, 0.5) is 5.82 Å². The number of rotatable bonds is 4. The molecule has 0 radical (unpaired) electrons. The summed E-state index contributed by atoms with van der Waals surface area (Å²) < 4.78 is 7.56. The summed E-state index contributed by atoms with van der Waals surface area (Å²) in [6.45, 7) is 8.93. The van der Waals surface area contributed by atoms with Crippen molar-refractivity contribution in [2.24, 2.45) is 0 Å². The van der Waals surface area contributed by atoms with Gasteiger partial charge in [-0.15, -0.1) is 5.10 Å². The standard InChI is InChI=1S/C13H21N5O/c1-5-6-7-19-12-9-10(14)15-8-16-11(9)18(17-12)13(2,3)4/h8H,5-7H2,1-4H3,(H2,14,15,16). The molecule has 19 heavy (non-hydrogen) atoms. The quantitative estimate of drug-likeness (QED) is 0.856. The fraction of sp³-hybridized carbons (Fsp3) is 0.615. The average Bonchev–Trinajstić information content (AvgIpc) is 2.70. The first-order chi connectivity index (χ1) is 8.95. The van der Waals surface area contributed by atoms with Crippen LogP contribution in [0.2, 0.25) is 0 Å².